The standard InChI is InChI=1S/C16H16F3N5O/c1-9-14-12(16(17,18)19)7-13(22-15(14)25-23-9)21-8-10-6-11(24(2)3)4-5-20-10/h4-7H,8H2,1-3H3,(H,21,22). The van der Waals surface area contributed by atoms with E-state index in [0.29, 0.717) is 5.69 Å². The van der Waals surface area contributed by atoms with E-state index >= 15 is 0 Å². The molecule has 3 rings (SSSR count). The summed E-state index contributed by atoms with van der Waals surface area (Å²) in [6.07, 6.45) is -2.89. The molecule has 0 saturated heterocycles. The summed E-state index contributed by atoms with van der Waals surface area (Å²) in [4.78, 5) is 10.2. The van der Waals surface area contributed by atoms with Gasteiger partial charge in [0.15, 0.2) is 0 Å². The Hall–Kier alpha value is -2.84. The Morgan fingerprint density at radius 3 is 2.68 bits per heavy atom. The molecular weight excluding hydrogens is 335 g/mol. The van der Waals surface area contributed by atoms with Crippen LogP contribution >= 0.6 is 0 Å². The zero-order valence-electron chi connectivity index (χ0n) is 13.8. The molecule has 0 unspecified atom stereocenters. The van der Waals surface area contributed by atoms with Gasteiger partial charge in [0.2, 0.25) is 0 Å². The maximum Gasteiger partial charge on any atom is 0.417 e. The highest BCUT2D eigenvalue weighted by Crippen LogP contribution is 2.37. The Morgan fingerprint density at radius 2 is 2.00 bits per heavy atom. The van der Waals surface area contributed by atoms with E-state index in [1.54, 1.807) is 6.20 Å². The molecule has 132 valence electrons. The first-order valence-corrected chi connectivity index (χ1v) is 7.46. The molecule has 0 aliphatic heterocycles. The number of aryl methyl sites for hydroxylation is 1. The normalized spacial score (nSPS) is 11.8. The van der Waals surface area contributed by atoms with Crippen molar-refractivity contribution in [3.8, 4) is 0 Å². The summed E-state index contributed by atoms with van der Waals surface area (Å²) in [6.45, 7) is 1.68. The maximum atomic E-state index is 13.3. The van der Waals surface area contributed by atoms with Gasteiger partial charge < -0.3 is 14.7 Å². The quantitative estimate of drug-likeness (QED) is 0.774. The molecule has 0 aliphatic carbocycles. The van der Waals surface area contributed by atoms with Crippen LogP contribution in [0, 0.1) is 6.92 Å². The van der Waals surface area contributed by atoms with Crippen molar-refractivity contribution in [3.63, 3.8) is 0 Å². The second-order valence-corrected chi connectivity index (χ2v) is 5.75. The van der Waals surface area contributed by atoms with Crippen LogP contribution < -0.4 is 10.2 Å². The van der Waals surface area contributed by atoms with Crippen LogP contribution in [0.5, 0.6) is 0 Å². The van der Waals surface area contributed by atoms with Gasteiger partial charge in [0.05, 0.1) is 28.9 Å². The predicted octanol–water partition coefficient (Wildman–Crippen LogP) is 3.62. The van der Waals surface area contributed by atoms with E-state index < -0.39 is 11.7 Å². The van der Waals surface area contributed by atoms with Crippen LogP contribution in [0.4, 0.5) is 24.7 Å². The van der Waals surface area contributed by atoms with Gasteiger partial charge in [-0.3, -0.25) is 4.98 Å². The van der Waals surface area contributed by atoms with Crippen molar-refractivity contribution in [1.29, 1.82) is 0 Å². The molecule has 0 fully saturated rings. The number of rotatable bonds is 4. The van der Waals surface area contributed by atoms with Crippen molar-refractivity contribution >= 4 is 22.6 Å². The third-order valence-electron chi connectivity index (χ3n) is 3.69. The molecule has 0 radical (unpaired) electrons. The number of hydrogen-bond donors (Lipinski definition) is 1. The Balaban J connectivity index is 1.91. The Morgan fingerprint density at radius 1 is 1.24 bits per heavy atom. The smallest absolute Gasteiger partial charge is 0.378 e. The first-order chi connectivity index (χ1) is 11.8. The van der Waals surface area contributed by atoms with E-state index in [2.05, 4.69) is 20.4 Å². The van der Waals surface area contributed by atoms with Crippen LogP contribution in [0.1, 0.15) is 17.0 Å². The molecule has 25 heavy (non-hydrogen) atoms. The van der Waals surface area contributed by atoms with Crippen molar-refractivity contribution in [2.75, 3.05) is 24.3 Å². The number of fused-ring (bicyclic) bond motifs is 1. The summed E-state index contributed by atoms with van der Waals surface area (Å²) < 4.78 is 44.9. The monoisotopic (exact) mass is 351 g/mol. The minimum absolute atomic E-state index is 0.0491. The number of aromatic nitrogens is 3. The maximum absolute atomic E-state index is 13.3. The molecule has 3 aromatic rings. The van der Waals surface area contributed by atoms with E-state index in [1.807, 2.05) is 31.1 Å². The van der Waals surface area contributed by atoms with Gasteiger partial charge in [0.1, 0.15) is 5.82 Å². The zero-order valence-corrected chi connectivity index (χ0v) is 13.8. The molecule has 0 bridgehead atoms. The molecule has 0 aliphatic rings. The third kappa shape index (κ3) is 3.49. The lowest BCUT2D eigenvalue weighted by atomic mass is 10.1. The molecular formula is C16H16F3N5O. The van der Waals surface area contributed by atoms with Crippen LogP contribution in [-0.2, 0) is 12.7 Å². The number of nitrogens with zero attached hydrogens (tertiary/aromatic N) is 4. The van der Waals surface area contributed by atoms with Crippen LogP contribution in [-0.4, -0.2) is 29.2 Å². The van der Waals surface area contributed by atoms with Gasteiger partial charge in [-0.1, -0.05) is 5.16 Å². The minimum atomic E-state index is -4.53. The van der Waals surface area contributed by atoms with E-state index in [1.165, 1.54) is 6.92 Å². The highest BCUT2D eigenvalue weighted by atomic mass is 19.4. The summed E-state index contributed by atoms with van der Waals surface area (Å²) >= 11 is 0. The van der Waals surface area contributed by atoms with Gasteiger partial charge >= 0.3 is 6.18 Å². The van der Waals surface area contributed by atoms with Gasteiger partial charge in [0, 0.05) is 26.0 Å². The van der Waals surface area contributed by atoms with Crippen LogP contribution in [0.3, 0.4) is 0 Å². The lowest BCUT2D eigenvalue weighted by molar-refractivity contribution is -0.136. The number of hydrogen-bond acceptors (Lipinski definition) is 6. The second-order valence-electron chi connectivity index (χ2n) is 5.75. The number of anilines is 2. The third-order valence-corrected chi connectivity index (χ3v) is 3.69. The Bertz CT molecular complexity index is 904. The zero-order chi connectivity index (χ0) is 18.2. The van der Waals surface area contributed by atoms with Crippen LogP contribution in [0.15, 0.2) is 28.9 Å². The van der Waals surface area contributed by atoms with Crippen LogP contribution in [0.2, 0.25) is 0 Å². The Labute approximate surface area is 141 Å². The SMILES string of the molecule is Cc1noc2nc(NCc3cc(N(C)C)ccn3)cc(C(F)(F)F)c12. The van der Waals surface area contributed by atoms with Gasteiger partial charge in [-0.2, -0.15) is 18.2 Å². The fourth-order valence-corrected chi connectivity index (χ4v) is 2.43. The average Bonchev–Trinajstić information content (AvgIpc) is 2.93. The molecule has 1 N–H and O–H groups in total. The number of halogens is 3. The molecule has 3 aromatic heterocycles. The molecule has 9 heteroatoms. The number of alkyl halides is 3. The first kappa shape index (κ1) is 17.0. The van der Waals surface area contributed by atoms with Crippen molar-refractivity contribution < 1.29 is 17.7 Å². The molecule has 0 atom stereocenters. The lowest BCUT2D eigenvalue weighted by Gasteiger charge is -2.14. The predicted molar refractivity (Wildman–Crippen MR) is 87.4 cm³/mol. The van der Waals surface area contributed by atoms with Gasteiger partial charge in [-0.15, -0.1) is 0 Å². The average molecular weight is 351 g/mol. The summed E-state index contributed by atoms with van der Waals surface area (Å²) in [5.41, 5.74) is 0.799. The highest BCUT2D eigenvalue weighted by molar-refractivity contribution is 5.82. The van der Waals surface area contributed by atoms with Crippen molar-refractivity contribution in [2.24, 2.45) is 0 Å². The number of pyridine rings is 2. The molecule has 3 heterocycles. The van der Waals surface area contributed by atoms with E-state index in [-0.39, 0.29) is 29.2 Å². The molecule has 0 aromatic carbocycles. The van der Waals surface area contributed by atoms with Gasteiger partial charge in [-0.25, -0.2) is 0 Å². The van der Waals surface area contributed by atoms with Gasteiger partial charge in [-0.05, 0) is 25.1 Å². The van der Waals surface area contributed by atoms with Crippen molar-refractivity contribution in [2.45, 2.75) is 19.6 Å². The molecule has 0 amide bonds. The summed E-state index contributed by atoms with van der Waals surface area (Å²) in [6, 6.07) is 4.64. The second kappa shape index (κ2) is 6.23. The molecule has 0 spiro atoms. The molecule has 0 saturated carbocycles. The van der Waals surface area contributed by atoms with Crippen molar-refractivity contribution in [1.82, 2.24) is 15.1 Å². The van der Waals surface area contributed by atoms with E-state index in [0.717, 1.165) is 11.8 Å². The topological polar surface area (TPSA) is 67.1 Å². The largest absolute Gasteiger partial charge is 0.417 e. The van der Waals surface area contributed by atoms with Gasteiger partial charge in [0.25, 0.3) is 5.71 Å². The molecule has 6 nitrogen and oxygen atoms in total. The number of nitrogens with one attached hydrogen (secondary N) is 1. The lowest BCUT2D eigenvalue weighted by Crippen LogP contribution is -2.11. The van der Waals surface area contributed by atoms with Crippen LogP contribution in [0.25, 0.3) is 11.1 Å². The Kier molecular flexibility index (Phi) is 4.23. The van der Waals surface area contributed by atoms with Crippen molar-refractivity contribution in [3.05, 3.63) is 41.3 Å². The summed E-state index contributed by atoms with van der Waals surface area (Å²) in [5.74, 6) is 0.0491. The summed E-state index contributed by atoms with van der Waals surface area (Å²) in [7, 11) is 3.79. The fraction of sp³-hybridized carbons (Fsp3) is 0.312. The summed E-state index contributed by atoms with van der Waals surface area (Å²) in [5, 5.41) is 6.32. The first-order valence-electron chi connectivity index (χ1n) is 7.46. The van der Waals surface area contributed by atoms with E-state index in [9.17, 15) is 13.2 Å². The minimum Gasteiger partial charge on any atom is -0.378 e. The fourth-order valence-electron chi connectivity index (χ4n) is 2.43. The highest BCUT2D eigenvalue weighted by Gasteiger charge is 2.35. The van der Waals surface area contributed by atoms with E-state index in [4.69, 9.17) is 4.52 Å².